The second kappa shape index (κ2) is 9.13. The Labute approximate surface area is 198 Å². The van der Waals surface area contributed by atoms with Crippen molar-refractivity contribution in [3.8, 4) is 0 Å². The van der Waals surface area contributed by atoms with E-state index in [1.165, 1.54) is 5.01 Å². The standard InChI is InChI=1S/C26H28N4O4/c1-26(2,3)28-23(32)16-11-13-18(14-12-16)27-22(31)17-7-6-8-19(15-17)30-25(34)21-10-5-4-9-20(21)24(33)29-30/h4-8,11-15,20-21H,9-10H2,1-3H3,(H,27,31)(H,28,32)(H,29,33). The van der Waals surface area contributed by atoms with Crippen molar-refractivity contribution in [2.24, 2.45) is 11.8 Å². The molecule has 2 unspecified atom stereocenters. The van der Waals surface area contributed by atoms with Crippen LogP contribution in [0.25, 0.3) is 0 Å². The fraction of sp³-hybridized carbons (Fsp3) is 0.308. The Morgan fingerprint density at radius 3 is 2.26 bits per heavy atom. The second-order valence-electron chi connectivity index (χ2n) is 9.59. The van der Waals surface area contributed by atoms with Crippen LogP contribution in [0.3, 0.4) is 0 Å². The van der Waals surface area contributed by atoms with Gasteiger partial charge < -0.3 is 10.6 Å². The molecule has 1 aliphatic carbocycles. The van der Waals surface area contributed by atoms with Gasteiger partial charge in [-0.2, -0.15) is 0 Å². The smallest absolute Gasteiger partial charge is 0.255 e. The van der Waals surface area contributed by atoms with Crippen LogP contribution in [0.5, 0.6) is 0 Å². The molecule has 1 heterocycles. The number of hydrogen-bond acceptors (Lipinski definition) is 4. The van der Waals surface area contributed by atoms with Crippen molar-refractivity contribution in [1.82, 2.24) is 10.7 Å². The largest absolute Gasteiger partial charge is 0.347 e. The van der Waals surface area contributed by atoms with E-state index in [4.69, 9.17) is 0 Å². The molecule has 2 aromatic rings. The molecular formula is C26H28N4O4. The first kappa shape index (κ1) is 23.2. The molecule has 1 saturated heterocycles. The van der Waals surface area contributed by atoms with E-state index in [9.17, 15) is 19.2 Å². The van der Waals surface area contributed by atoms with Gasteiger partial charge in [0.15, 0.2) is 0 Å². The summed E-state index contributed by atoms with van der Waals surface area (Å²) in [4.78, 5) is 50.6. The summed E-state index contributed by atoms with van der Waals surface area (Å²) < 4.78 is 0. The Morgan fingerprint density at radius 2 is 1.59 bits per heavy atom. The van der Waals surface area contributed by atoms with Crippen LogP contribution < -0.4 is 21.1 Å². The molecule has 2 atom stereocenters. The van der Waals surface area contributed by atoms with Crippen LogP contribution in [0.15, 0.2) is 60.7 Å². The first-order valence-corrected chi connectivity index (χ1v) is 11.3. The van der Waals surface area contributed by atoms with E-state index in [1.807, 2.05) is 32.9 Å². The van der Waals surface area contributed by atoms with Gasteiger partial charge in [-0.25, -0.2) is 5.01 Å². The van der Waals surface area contributed by atoms with Gasteiger partial charge in [0.05, 0.1) is 17.5 Å². The third kappa shape index (κ3) is 5.01. The number of nitrogens with zero attached hydrogens (tertiary/aromatic N) is 1. The monoisotopic (exact) mass is 460 g/mol. The summed E-state index contributed by atoms with van der Waals surface area (Å²) in [6.45, 7) is 5.71. The summed E-state index contributed by atoms with van der Waals surface area (Å²) in [5.74, 6) is -1.70. The molecule has 0 radical (unpaired) electrons. The van der Waals surface area contributed by atoms with Gasteiger partial charge in [0.25, 0.3) is 11.8 Å². The van der Waals surface area contributed by atoms with E-state index in [0.717, 1.165) is 0 Å². The Balaban J connectivity index is 1.46. The Kier molecular flexibility index (Phi) is 6.24. The van der Waals surface area contributed by atoms with E-state index in [0.29, 0.717) is 35.3 Å². The lowest BCUT2D eigenvalue weighted by molar-refractivity contribution is -0.139. The van der Waals surface area contributed by atoms with E-state index in [1.54, 1.807) is 48.5 Å². The molecule has 4 amide bonds. The van der Waals surface area contributed by atoms with E-state index in [2.05, 4.69) is 16.1 Å². The highest BCUT2D eigenvalue weighted by Crippen LogP contribution is 2.32. The number of anilines is 2. The summed E-state index contributed by atoms with van der Waals surface area (Å²) in [5, 5.41) is 6.93. The lowest BCUT2D eigenvalue weighted by Gasteiger charge is -2.38. The zero-order valence-corrected chi connectivity index (χ0v) is 19.4. The highest BCUT2D eigenvalue weighted by Gasteiger charge is 2.42. The van der Waals surface area contributed by atoms with Crippen LogP contribution >= 0.6 is 0 Å². The zero-order chi connectivity index (χ0) is 24.5. The maximum atomic E-state index is 13.0. The Hall–Kier alpha value is -3.94. The minimum atomic E-state index is -0.398. The molecule has 3 N–H and O–H groups in total. The highest BCUT2D eigenvalue weighted by molar-refractivity contribution is 6.07. The zero-order valence-electron chi connectivity index (χ0n) is 19.4. The van der Waals surface area contributed by atoms with Crippen molar-refractivity contribution in [1.29, 1.82) is 0 Å². The molecule has 0 saturated carbocycles. The van der Waals surface area contributed by atoms with Gasteiger partial charge in [0, 0.05) is 22.4 Å². The number of allylic oxidation sites excluding steroid dienone is 2. The highest BCUT2D eigenvalue weighted by atomic mass is 16.2. The average molecular weight is 461 g/mol. The van der Waals surface area contributed by atoms with Gasteiger partial charge in [-0.3, -0.25) is 24.6 Å². The number of carbonyl (C=O) groups excluding carboxylic acids is 4. The van der Waals surface area contributed by atoms with Crippen molar-refractivity contribution in [3.05, 3.63) is 71.8 Å². The van der Waals surface area contributed by atoms with Crippen molar-refractivity contribution >= 4 is 35.0 Å². The van der Waals surface area contributed by atoms with Crippen molar-refractivity contribution in [2.45, 2.75) is 39.2 Å². The molecule has 1 aliphatic heterocycles. The first-order chi connectivity index (χ1) is 16.1. The van der Waals surface area contributed by atoms with Gasteiger partial charge in [-0.15, -0.1) is 0 Å². The quantitative estimate of drug-likeness (QED) is 0.608. The number of hydrazine groups is 1. The van der Waals surface area contributed by atoms with Gasteiger partial charge in [-0.05, 0) is 76.1 Å². The summed E-state index contributed by atoms with van der Waals surface area (Å²) in [6.07, 6.45) is 4.93. The fourth-order valence-corrected chi connectivity index (χ4v) is 4.09. The molecular weight excluding hydrogens is 432 g/mol. The summed E-state index contributed by atoms with van der Waals surface area (Å²) >= 11 is 0. The van der Waals surface area contributed by atoms with Gasteiger partial charge in [0.1, 0.15) is 0 Å². The van der Waals surface area contributed by atoms with Crippen molar-refractivity contribution < 1.29 is 19.2 Å². The van der Waals surface area contributed by atoms with Crippen LogP contribution in [-0.2, 0) is 9.59 Å². The number of benzene rings is 2. The minimum absolute atomic E-state index is 0.185. The molecule has 0 aromatic heterocycles. The molecule has 4 rings (SSSR count). The van der Waals surface area contributed by atoms with Crippen molar-refractivity contribution in [2.75, 3.05) is 10.3 Å². The van der Waals surface area contributed by atoms with E-state index < -0.39 is 5.92 Å². The van der Waals surface area contributed by atoms with Crippen LogP contribution in [0.4, 0.5) is 11.4 Å². The number of amides is 4. The average Bonchev–Trinajstić information content (AvgIpc) is 2.81. The van der Waals surface area contributed by atoms with Crippen LogP contribution in [0.2, 0.25) is 0 Å². The number of carbonyl (C=O) groups is 4. The molecule has 2 aromatic carbocycles. The second-order valence-corrected chi connectivity index (χ2v) is 9.59. The van der Waals surface area contributed by atoms with Gasteiger partial charge in [-0.1, -0.05) is 18.2 Å². The number of hydrogen-bond donors (Lipinski definition) is 3. The SMILES string of the molecule is CC(C)(C)NC(=O)c1ccc(NC(=O)c2cccc(N3NC(=O)C4CC=CCC4C3=O)c2)cc1. The maximum Gasteiger partial charge on any atom is 0.255 e. The predicted octanol–water partition coefficient (Wildman–Crippen LogP) is 3.43. The molecule has 34 heavy (non-hydrogen) atoms. The third-order valence-electron chi connectivity index (χ3n) is 5.79. The summed E-state index contributed by atoms with van der Waals surface area (Å²) in [7, 11) is 0. The summed E-state index contributed by atoms with van der Waals surface area (Å²) in [5.41, 5.74) is 4.10. The topological polar surface area (TPSA) is 108 Å². The maximum absolute atomic E-state index is 13.0. The lowest BCUT2D eigenvalue weighted by Crippen LogP contribution is -2.59. The number of nitrogens with one attached hydrogen (secondary N) is 3. The normalized spacial score (nSPS) is 19.8. The molecule has 8 nitrogen and oxygen atoms in total. The molecule has 2 aliphatic rings. The van der Waals surface area contributed by atoms with Crippen LogP contribution in [0.1, 0.15) is 54.3 Å². The Morgan fingerprint density at radius 1 is 0.912 bits per heavy atom. The fourth-order valence-electron chi connectivity index (χ4n) is 4.09. The molecule has 176 valence electrons. The third-order valence-corrected chi connectivity index (χ3v) is 5.79. The van der Waals surface area contributed by atoms with Gasteiger partial charge in [0.2, 0.25) is 11.8 Å². The lowest BCUT2D eigenvalue weighted by atomic mass is 9.80. The van der Waals surface area contributed by atoms with Crippen LogP contribution in [0, 0.1) is 11.8 Å². The van der Waals surface area contributed by atoms with E-state index >= 15 is 0 Å². The van der Waals surface area contributed by atoms with Crippen molar-refractivity contribution in [3.63, 3.8) is 0 Å². The number of fused-ring (bicyclic) bond motifs is 1. The first-order valence-electron chi connectivity index (χ1n) is 11.3. The number of rotatable bonds is 4. The van der Waals surface area contributed by atoms with Gasteiger partial charge >= 0.3 is 0 Å². The molecule has 0 bridgehead atoms. The summed E-state index contributed by atoms with van der Waals surface area (Å²) in [6, 6.07) is 13.1. The Bertz CT molecular complexity index is 1160. The minimum Gasteiger partial charge on any atom is -0.347 e. The van der Waals surface area contributed by atoms with E-state index in [-0.39, 0.29) is 35.1 Å². The predicted molar refractivity (Wildman–Crippen MR) is 129 cm³/mol. The van der Waals surface area contributed by atoms with Crippen LogP contribution in [-0.4, -0.2) is 29.2 Å². The molecule has 1 fully saturated rings. The molecule has 8 heteroatoms. The molecule has 0 spiro atoms.